The van der Waals surface area contributed by atoms with E-state index in [2.05, 4.69) is 33.7 Å². The molecule has 0 bridgehead atoms. The fourth-order valence-electron chi connectivity index (χ4n) is 2.23. The Morgan fingerprint density at radius 1 is 1.46 bits per heavy atom. The zero-order valence-corrected chi connectivity index (χ0v) is 16.3. The molecule has 1 aliphatic heterocycles. The first-order valence-electron chi connectivity index (χ1n) is 7.36. The number of ether oxygens (including phenoxy) is 2. The highest BCUT2D eigenvalue weighted by Crippen LogP contribution is 2.37. The summed E-state index contributed by atoms with van der Waals surface area (Å²) in [7, 11) is 1.48. The Labute approximate surface area is 165 Å². The Hall–Kier alpha value is -2.63. The van der Waals surface area contributed by atoms with Crippen molar-refractivity contribution in [1.82, 2.24) is 10.2 Å². The molecule has 26 heavy (non-hydrogen) atoms. The van der Waals surface area contributed by atoms with Crippen molar-refractivity contribution >= 4 is 51.2 Å². The highest BCUT2D eigenvalue weighted by atomic mass is 79.9. The van der Waals surface area contributed by atoms with Crippen molar-refractivity contribution in [3.05, 3.63) is 40.4 Å². The molecule has 0 aromatic heterocycles. The number of nitrogens with zero attached hydrogens (tertiary/aromatic N) is 1. The van der Waals surface area contributed by atoms with Crippen LogP contribution >= 0.6 is 28.1 Å². The first-order valence-corrected chi connectivity index (χ1v) is 8.56. The fraction of sp³-hybridized carbons (Fsp3) is 0.167. The van der Waals surface area contributed by atoms with E-state index in [0.717, 1.165) is 0 Å². The van der Waals surface area contributed by atoms with E-state index in [1.807, 2.05) is 0 Å². The Bertz CT molecular complexity index is 857. The maximum atomic E-state index is 12.6. The van der Waals surface area contributed by atoms with Gasteiger partial charge in [0.15, 0.2) is 16.6 Å². The SMILES string of the molecule is C#CCOc1c(Br)cc(C=C2C(=O)NC(=S)N(CC=C)C2=O)cc1OC. The van der Waals surface area contributed by atoms with Gasteiger partial charge in [-0.15, -0.1) is 13.0 Å². The van der Waals surface area contributed by atoms with Crippen LogP contribution in [0.25, 0.3) is 6.08 Å². The van der Waals surface area contributed by atoms with E-state index in [9.17, 15) is 9.59 Å². The topological polar surface area (TPSA) is 67.9 Å². The average molecular weight is 435 g/mol. The number of hydrogen-bond donors (Lipinski definition) is 1. The van der Waals surface area contributed by atoms with Crippen molar-refractivity contribution in [2.75, 3.05) is 20.3 Å². The molecule has 2 amide bonds. The Morgan fingerprint density at radius 3 is 2.81 bits per heavy atom. The lowest BCUT2D eigenvalue weighted by Crippen LogP contribution is -2.53. The number of hydrogen-bond acceptors (Lipinski definition) is 5. The molecule has 134 valence electrons. The van der Waals surface area contributed by atoms with Crippen LogP contribution < -0.4 is 14.8 Å². The smallest absolute Gasteiger partial charge is 0.265 e. The molecule has 1 N–H and O–H groups in total. The molecule has 8 heteroatoms. The van der Waals surface area contributed by atoms with Gasteiger partial charge >= 0.3 is 0 Å². The third kappa shape index (κ3) is 4.12. The second-order valence-corrected chi connectivity index (χ2v) is 6.29. The molecule has 1 aliphatic rings. The van der Waals surface area contributed by atoms with Crippen LogP contribution in [-0.2, 0) is 9.59 Å². The number of carbonyl (C=O) groups is 2. The van der Waals surface area contributed by atoms with E-state index in [4.69, 9.17) is 28.1 Å². The van der Waals surface area contributed by atoms with E-state index in [1.165, 1.54) is 24.2 Å². The maximum absolute atomic E-state index is 12.6. The fourth-order valence-corrected chi connectivity index (χ4v) is 3.06. The van der Waals surface area contributed by atoms with Gasteiger partial charge in [0, 0.05) is 6.54 Å². The molecule has 2 rings (SSSR count). The van der Waals surface area contributed by atoms with Crippen molar-refractivity contribution in [3.63, 3.8) is 0 Å². The summed E-state index contributed by atoms with van der Waals surface area (Å²) in [4.78, 5) is 26.0. The van der Waals surface area contributed by atoms with E-state index < -0.39 is 11.8 Å². The largest absolute Gasteiger partial charge is 0.493 e. The number of carbonyl (C=O) groups excluding carboxylic acids is 2. The van der Waals surface area contributed by atoms with Crippen molar-refractivity contribution in [3.8, 4) is 23.8 Å². The molecule has 6 nitrogen and oxygen atoms in total. The summed E-state index contributed by atoms with van der Waals surface area (Å²) in [6.07, 6.45) is 8.18. The lowest BCUT2D eigenvalue weighted by molar-refractivity contribution is -0.128. The molecule has 1 heterocycles. The van der Waals surface area contributed by atoms with Gasteiger partial charge in [-0.25, -0.2) is 0 Å². The van der Waals surface area contributed by atoms with Gasteiger partial charge in [-0.1, -0.05) is 12.0 Å². The normalized spacial score (nSPS) is 15.5. The summed E-state index contributed by atoms with van der Waals surface area (Å²) in [5.41, 5.74) is 0.512. The van der Waals surface area contributed by atoms with Crippen molar-refractivity contribution in [2.45, 2.75) is 0 Å². The standard InChI is InChI=1S/C18H15BrN2O4S/c1-4-6-21-17(23)12(16(22)20-18(21)26)8-11-9-13(19)15(25-7-5-2)14(10-11)24-3/h2,4,8-10H,1,6-7H2,3H3,(H,20,22,26). The number of rotatable bonds is 6. The van der Waals surface area contributed by atoms with E-state index in [0.29, 0.717) is 21.5 Å². The van der Waals surface area contributed by atoms with Crippen LogP contribution in [0.4, 0.5) is 0 Å². The highest BCUT2D eigenvalue weighted by molar-refractivity contribution is 9.10. The molecule has 0 spiro atoms. The van der Waals surface area contributed by atoms with Crippen LogP contribution in [0.5, 0.6) is 11.5 Å². The van der Waals surface area contributed by atoms with Gasteiger partial charge < -0.3 is 9.47 Å². The summed E-state index contributed by atoms with van der Waals surface area (Å²) < 4.78 is 11.3. The average Bonchev–Trinajstić information content (AvgIpc) is 2.60. The Balaban J connectivity index is 2.44. The number of thiocarbonyl (C=S) groups is 1. The molecule has 0 atom stereocenters. The molecular formula is C18H15BrN2O4S. The van der Waals surface area contributed by atoms with Crippen LogP contribution in [-0.4, -0.2) is 42.1 Å². The summed E-state index contributed by atoms with van der Waals surface area (Å²) in [6, 6.07) is 3.32. The first kappa shape index (κ1) is 19.7. The van der Waals surface area contributed by atoms with Gasteiger partial charge in [-0.05, 0) is 51.9 Å². The van der Waals surface area contributed by atoms with Gasteiger partial charge in [0.1, 0.15) is 12.2 Å². The minimum atomic E-state index is -0.567. The summed E-state index contributed by atoms with van der Waals surface area (Å²) in [5, 5.41) is 2.54. The molecular weight excluding hydrogens is 420 g/mol. The predicted octanol–water partition coefficient (Wildman–Crippen LogP) is 2.28. The van der Waals surface area contributed by atoms with E-state index in [1.54, 1.807) is 12.1 Å². The van der Waals surface area contributed by atoms with Crippen LogP contribution in [0.1, 0.15) is 5.56 Å². The van der Waals surface area contributed by atoms with Gasteiger partial charge in [0.25, 0.3) is 11.8 Å². The quantitative estimate of drug-likeness (QED) is 0.244. The molecule has 0 saturated carbocycles. The third-order valence-corrected chi connectivity index (χ3v) is 4.27. The van der Waals surface area contributed by atoms with Crippen LogP contribution in [0, 0.1) is 12.3 Å². The van der Waals surface area contributed by atoms with Crippen LogP contribution in [0.15, 0.2) is 34.8 Å². The minimum absolute atomic E-state index is 0.0494. The van der Waals surface area contributed by atoms with Gasteiger partial charge in [-0.2, -0.15) is 0 Å². The summed E-state index contributed by atoms with van der Waals surface area (Å²) in [6.45, 7) is 3.85. The molecule has 0 radical (unpaired) electrons. The van der Waals surface area contributed by atoms with E-state index in [-0.39, 0.29) is 23.8 Å². The zero-order chi connectivity index (χ0) is 19.3. The van der Waals surface area contributed by atoms with Crippen molar-refractivity contribution < 1.29 is 19.1 Å². The number of halogens is 1. The third-order valence-electron chi connectivity index (χ3n) is 3.36. The summed E-state index contributed by atoms with van der Waals surface area (Å²) in [5.74, 6) is 2.15. The first-order chi connectivity index (χ1) is 12.4. The number of benzene rings is 1. The second kappa shape index (κ2) is 8.65. The van der Waals surface area contributed by atoms with Crippen LogP contribution in [0.2, 0.25) is 0 Å². The maximum Gasteiger partial charge on any atom is 0.265 e. The predicted molar refractivity (Wildman–Crippen MR) is 106 cm³/mol. The van der Waals surface area contributed by atoms with Gasteiger partial charge in [0.2, 0.25) is 0 Å². The number of amides is 2. The Morgan fingerprint density at radius 2 is 2.19 bits per heavy atom. The molecule has 1 aromatic carbocycles. The van der Waals surface area contributed by atoms with Gasteiger partial charge in [0.05, 0.1) is 11.6 Å². The lowest BCUT2D eigenvalue weighted by Gasteiger charge is -2.27. The van der Waals surface area contributed by atoms with Crippen molar-refractivity contribution in [2.24, 2.45) is 0 Å². The highest BCUT2D eigenvalue weighted by Gasteiger charge is 2.32. The monoisotopic (exact) mass is 434 g/mol. The summed E-state index contributed by atoms with van der Waals surface area (Å²) >= 11 is 8.40. The molecule has 1 saturated heterocycles. The second-order valence-electron chi connectivity index (χ2n) is 5.05. The van der Waals surface area contributed by atoms with Gasteiger partial charge in [-0.3, -0.25) is 19.8 Å². The molecule has 0 aliphatic carbocycles. The zero-order valence-electron chi connectivity index (χ0n) is 13.9. The Kier molecular flexibility index (Phi) is 6.55. The molecule has 0 unspecified atom stereocenters. The minimum Gasteiger partial charge on any atom is -0.493 e. The molecule has 1 fully saturated rings. The van der Waals surface area contributed by atoms with E-state index >= 15 is 0 Å². The number of methoxy groups -OCH3 is 1. The number of nitrogens with one attached hydrogen (secondary N) is 1. The number of terminal acetylenes is 1. The van der Waals surface area contributed by atoms with Crippen molar-refractivity contribution in [1.29, 1.82) is 0 Å². The molecule has 1 aromatic rings. The van der Waals surface area contributed by atoms with Crippen LogP contribution in [0.3, 0.4) is 0 Å². The lowest BCUT2D eigenvalue weighted by atomic mass is 10.1.